The van der Waals surface area contributed by atoms with Gasteiger partial charge in [-0.05, 0) is 69.1 Å². The second-order valence-corrected chi connectivity index (χ2v) is 16.4. The standard InChI is InChI=1S/C41H61N7O12/c1-9-21(4)32-41(58)60-23(6)33(46-35(52)26-14-16-30(50)42-26)38(55)44-28(18-20(2)3)36(53)43-27-15-17-31(51)48(39(27)56)34(22(5)49)40(57)47(7)29(37(54)45-32)19-24-10-12-25(59-8)13-11-24/h10-13,20-23,26-29,31-34,49,51H,9,14-19H2,1-8H3,(H,42,50)(H,43,53)(H,44,55)(H,45,54)(H,46,52)/t21-,22-,23+,26+,27+,28+,29+,31-,32+,33+,34?/m1/s1. The highest BCUT2D eigenvalue weighted by Crippen LogP contribution is 2.25. The van der Waals surface area contributed by atoms with Crippen molar-refractivity contribution in [1.29, 1.82) is 0 Å². The number of esters is 1. The summed E-state index contributed by atoms with van der Waals surface area (Å²) in [7, 11) is 2.79. The van der Waals surface area contributed by atoms with E-state index >= 15 is 0 Å². The number of piperidine rings is 1. The van der Waals surface area contributed by atoms with Crippen LogP contribution in [-0.4, -0.2) is 142 Å². The summed E-state index contributed by atoms with van der Waals surface area (Å²) in [5.74, 6) is -6.56. The van der Waals surface area contributed by atoms with Gasteiger partial charge in [-0.25, -0.2) is 4.79 Å². The molecule has 60 heavy (non-hydrogen) atoms. The average molecular weight is 844 g/mol. The number of nitrogens with zero attached hydrogens (tertiary/aromatic N) is 2. The van der Waals surface area contributed by atoms with Gasteiger partial charge >= 0.3 is 5.97 Å². The SMILES string of the molecule is CC[C@@H](C)[C@@H]1NC(=O)[C@H](Cc2ccc(OC)cc2)N(C)C(=O)C([C@@H](C)O)N2C(=O)[C@H](CC[C@H]2O)NC(=O)[C@H](CC(C)C)NC(=O)[C@@H](NC(=O)[C@@H]2CCC(=O)N2)[C@H](C)OC1=O. The number of carbonyl (C=O) groups excluding carboxylic acids is 8. The fourth-order valence-electron chi connectivity index (χ4n) is 7.61. The Morgan fingerprint density at radius 3 is 2.15 bits per heavy atom. The van der Waals surface area contributed by atoms with Crippen LogP contribution in [0.4, 0.5) is 0 Å². The number of fused-ring (bicyclic) bond motifs is 2. The van der Waals surface area contributed by atoms with Crippen LogP contribution < -0.4 is 31.3 Å². The first kappa shape index (κ1) is 47.4. The molecule has 0 saturated carbocycles. The molecule has 7 N–H and O–H groups in total. The number of benzene rings is 1. The number of likely N-dealkylation sites (N-methyl/N-ethyl adjacent to an activating group) is 1. The van der Waals surface area contributed by atoms with Gasteiger partial charge in [0.1, 0.15) is 60.4 Å². The molecule has 1 aromatic carbocycles. The molecule has 1 aromatic rings. The number of aliphatic hydroxyl groups excluding tert-OH is 2. The summed E-state index contributed by atoms with van der Waals surface area (Å²) in [5.41, 5.74) is 0.578. The van der Waals surface area contributed by atoms with Crippen molar-refractivity contribution in [2.24, 2.45) is 11.8 Å². The van der Waals surface area contributed by atoms with Crippen molar-refractivity contribution < 1.29 is 58.0 Å². The van der Waals surface area contributed by atoms with E-state index in [0.717, 1.165) is 9.80 Å². The lowest BCUT2D eigenvalue weighted by Crippen LogP contribution is -2.67. The van der Waals surface area contributed by atoms with Crippen molar-refractivity contribution in [3.63, 3.8) is 0 Å². The number of rotatable bonds is 10. The number of cyclic esters (lactones) is 1. The molecule has 0 spiro atoms. The van der Waals surface area contributed by atoms with Crippen molar-refractivity contribution in [2.75, 3.05) is 14.2 Å². The second-order valence-electron chi connectivity index (χ2n) is 16.4. The molecule has 3 aliphatic heterocycles. The zero-order valence-corrected chi connectivity index (χ0v) is 35.6. The zero-order valence-electron chi connectivity index (χ0n) is 35.6. The Hall–Kier alpha value is -5.30. The van der Waals surface area contributed by atoms with Crippen LogP contribution in [-0.2, 0) is 49.5 Å². The molecule has 1 unspecified atom stereocenters. The van der Waals surface area contributed by atoms with Crippen LogP contribution in [0.2, 0.25) is 0 Å². The third-order valence-electron chi connectivity index (χ3n) is 11.4. The summed E-state index contributed by atoms with van der Waals surface area (Å²) in [6.07, 6.45) is -4.14. The third-order valence-corrected chi connectivity index (χ3v) is 11.4. The Labute approximate surface area is 350 Å². The lowest BCUT2D eigenvalue weighted by molar-refractivity contribution is -0.170. The van der Waals surface area contributed by atoms with Crippen LogP contribution in [0.1, 0.15) is 85.6 Å². The van der Waals surface area contributed by atoms with E-state index in [-0.39, 0.29) is 50.4 Å². The van der Waals surface area contributed by atoms with Gasteiger partial charge in [0.15, 0.2) is 0 Å². The number of ether oxygens (including phenoxy) is 2. The van der Waals surface area contributed by atoms with Gasteiger partial charge in [-0.15, -0.1) is 0 Å². The van der Waals surface area contributed by atoms with Gasteiger partial charge in [0.25, 0.3) is 0 Å². The normalized spacial score (nSPS) is 29.9. The molecule has 4 rings (SSSR count). The second kappa shape index (κ2) is 20.8. The quantitative estimate of drug-likeness (QED) is 0.140. The summed E-state index contributed by atoms with van der Waals surface area (Å²) in [5, 5.41) is 35.4. The van der Waals surface area contributed by atoms with E-state index in [1.165, 1.54) is 28.0 Å². The Morgan fingerprint density at radius 2 is 1.58 bits per heavy atom. The summed E-state index contributed by atoms with van der Waals surface area (Å²) < 4.78 is 11.1. The summed E-state index contributed by atoms with van der Waals surface area (Å²) in [6, 6.07) is -2.91. The number of carbonyl (C=O) groups is 8. The fraction of sp³-hybridized carbons (Fsp3) is 0.659. The largest absolute Gasteiger partial charge is 0.497 e. The molecule has 11 atom stereocenters. The van der Waals surface area contributed by atoms with E-state index < -0.39 is 108 Å². The molecule has 0 aliphatic carbocycles. The van der Waals surface area contributed by atoms with E-state index in [1.807, 2.05) is 0 Å². The van der Waals surface area contributed by atoms with Crippen LogP contribution in [0.5, 0.6) is 5.75 Å². The lowest BCUT2D eigenvalue weighted by atomic mass is 9.95. The smallest absolute Gasteiger partial charge is 0.329 e. The first-order valence-electron chi connectivity index (χ1n) is 20.6. The molecule has 7 amide bonds. The van der Waals surface area contributed by atoms with Gasteiger partial charge in [-0.3, -0.25) is 33.6 Å². The maximum atomic E-state index is 14.5. The Kier molecular flexibility index (Phi) is 16.4. The molecule has 0 radical (unpaired) electrons. The number of aliphatic hydroxyl groups is 2. The molecule has 2 bridgehead atoms. The summed E-state index contributed by atoms with van der Waals surface area (Å²) in [4.78, 5) is 113. The van der Waals surface area contributed by atoms with Gasteiger partial charge in [-0.1, -0.05) is 46.2 Å². The average Bonchev–Trinajstić information content (AvgIpc) is 3.64. The first-order valence-corrected chi connectivity index (χ1v) is 20.6. The number of hydrogen-bond donors (Lipinski definition) is 7. The highest BCUT2D eigenvalue weighted by molar-refractivity contribution is 5.98. The monoisotopic (exact) mass is 843 g/mol. The van der Waals surface area contributed by atoms with Crippen LogP contribution in [0, 0.1) is 11.8 Å². The van der Waals surface area contributed by atoms with Gasteiger partial charge in [0.05, 0.1) is 13.2 Å². The van der Waals surface area contributed by atoms with Crippen molar-refractivity contribution in [2.45, 2.75) is 147 Å². The van der Waals surface area contributed by atoms with Crippen molar-refractivity contribution in [3.05, 3.63) is 29.8 Å². The topological polar surface area (TPSA) is 262 Å². The molecule has 19 nitrogen and oxygen atoms in total. The van der Waals surface area contributed by atoms with Gasteiger partial charge in [0, 0.05) is 19.9 Å². The number of amides is 7. The minimum Gasteiger partial charge on any atom is -0.497 e. The Morgan fingerprint density at radius 1 is 0.917 bits per heavy atom. The maximum Gasteiger partial charge on any atom is 0.329 e. The van der Waals surface area contributed by atoms with Crippen molar-refractivity contribution in [1.82, 2.24) is 36.4 Å². The van der Waals surface area contributed by atoms with E-state index in [1.54, 1.807) is 52.0 Å². The molecular weight excluding hydrogens is 782 g/mol. The highest BCUT2D eigenvalue weighted by Gasteiger charge is 2.47. The van der Waals surface area contributed by atoms with Gasteiger partial charge < -0.3 is 56.1 Å². The number of methoxy groups -OCH3 is 1. The maximum absolute atomic E-state index is 14.5. The summed E-state index contributed by atoms with van der Waals surface area (Å²) in [6.45, 7) is 9.68. The number of hydrogen-bond acceptors (Lipinski definition) is 12. The lowest BCUT2D eigenvalue weighted by Gasteiger charge is -2.43. The predicted octanol–water partition coefficient (Wildman–Crippen LogP) is -0.990. The van der Waals surface area contributed by atoms with E-state index in [4.69, 9.17) is 9.47 Å². The van der Waals surface area contributed by atoms with Crippen LogP contribution in [0.3, 0.4) is 0 Å². The Balaban J connectivity index is 1.84. The number of nitrogens with one attached hydrogen (secondary N) is 5. The van der Waals surface area contributed by atoms with Crippen LogP contribution in [0.25, 0.3) is 0 Å². The minimum absolute atomic E-state index is 0.0561. The van der Waals surface area contributed by atoms with E-state index in [2.05, 4.69) is 26.6 Å². The van der Waals surface area contributed by atoms with E-state index in [0.29, 0.717) is 17.7 Å². The van der Waals surface area contributed by atoms with Crippen LogP contribution >= 0.6 is 0 Å². The predicted molar refractivity (Wildman–Crippen MR) is 214 cm³/mol. The fourth-order valence-corrected chi connectivity index (χ4v) is 7.61. The molecule has 3 saturated heterocycles. The molecular formula is C41H61N7O12. The molecule has 19 heteroatoms. The minimum atomic E-state index is -1.72. The Bertz CT molecular complexity index is 1760. The molecule has 3 aliphatic rings. The molecule has 332 valence electrons. The van der Waals surface area contributed by atoms with Gasteiger partial charge in [-0.2, -0.15) is 0 Å². The third kappa shape index (κ3) is 11.5. The highest BCUT2D eigenvalue weighted by atomic mass is 16.5. The van der Waals surface area contributed by atoms with E-state index in [9.17, 15) is 48.6 Å². The molecule has 0 aromatic heterocycles. The summed E-state index contributed by atoms with van der Waals surface area (Å²) >= 11 is 0. The molecule has 3 heterocycles. The zero-order chi connectivity index (χ0) is 44.6. The van der Waals surface area contributed by atoms with Crippen molar-refractivity contribution >= 4 is 47.3 Å². The van der Waals surface area contributed by atoms with Crippen molar-refractivity contribution in [3.8, 4) is 5.75 Å². The first-order chi connectivity index (χ1) is 28.3. The van der Waals surface area contributed by atoms with Gasteiger partial charge in [0.2, 0.25) is 41.4 Å². The van der Waals surface area contributed by atoms with Crippen LogP contribution in [0.15, 0.2) is 24.3 Å². The molecule has 3 fully saturated rings.